The first-order valence-corrected chi connectivity index (χ1v) is 8.28. The molecule has 1 aliphatic rings. The minimum absolute atomic E-state index is 0. The number of hydrogen-bond acceptors (Lipinski definition) is 4. The van der Waals surface area contributed by atoms with Crippen molar-refractivity contribution in [3.63, 3.8) is 0 Å². The van der Waals surface area contributed by atoms with Crippen LogP contribution in [0.4, 0.5) is 13.2 Å². The maximum absolute atomic E-state index is 13.6. The molecule has 0 saturated heterocycles. The molecule has 132 valence electrons. The predicted octanol–water partition coefficient (Wildman–Crippen LogP) is 2.40. The standard InChI is InChI=1S/C13H17F3N2O3S.ClH/c14-11-7-10(5-6-12(11)21-13(15)16)22(19,20)18-9-3-1-8(17)2-4-9;/h5-9,13,18H,1-4,17H2;1H. The molecule has 1 aromatic rings. The van der Waals surface area contributed by atoms with Crippen LogP contribution in [0, 0.1) is 5.82 Å². The van der Waals surface area contributed by atoms with Crippen molar-refractivity contribution >= 4 is 22.4 Å². The smallest absolute Gasteiger partial charge is 0.387 e. The SMILES string of the molecule is Cl.NC1CCC(NS(=O)(=O)c2ccc(OC(F)F)c(F)c2)CC1. The number of nitrogens with one attached hydrogen (secondary N) is 1. The van der Waals surface area contributed by atoms with Gasteiger partial charge in [0.05, 0.1) is 4.90 Å². The number of halogens is 4. The van der Waals surface area contributed by atoms with Crippen LogP contribution in [0.2, 0.25) is 0 Å². The zero-order valence-corrected chi connectivity index (χ0v) is 13.7. The normalized spacial score (nSPS) is 21.8. The van der Waals surface area contributed by atoms with Gasteiger partial charge in [-0.2, -0.15) is 8.78 Å². The number of nitrogens with two attached hydrogens (primary N) is 1. The first kappa shape index (κ1) is 20.0. The van der Waals surface area contributed by atoms with Gasteiger partial charge < -0.3 is 10.5 Å². The van der Waals surface area contributed by atoms with Gasteiger partial charge in [-0.15, -0.1) is 12.4 Å². The highest BCUT2D eigenvalue weighted by molar-refractivity contribution is 7.89. The Kier molecular flexibility index (Phi) is 7.12. The summed E-state index contributed by atoms with van der Waals surface area (Å²) in [5.41, 5.74) is 5.75. The Morgan fingerprint density at radius 1 is 1.22 bits per heavy atom. The number of sulfonamides is 1. The molecule has 0 radical (unpaired) electrons. The Morgan fingerprint density at radius 3 is 2.35 bits per heavy atom. The quantitative estimate of drug-likeness (QED) is 0.829. The van der Waals surface area contributed by atoms with Crippen LogP contribution in [0.25, 0.3) is 0 Å². The van der Waals surface area contributed by atoms with Crippen LogP contribution in [0.5, 0.6) is 5.75 Å². The van der Waals surface area contributed by atoms with Crippen molar-refractivity contribution in [1.82, 2.24) is 4.72 Å². The molecule has 5 nitrogen and oxygen atoms in total. The van der Waals surface area contributed by atoms with Crippen molar-refractivity contribution in [3.8, 4) is 5.75 Å². The lowest BCUT2D eigenvalue weighted by molar-refractivity contribution is -0.0522. The molecule has 0 amide bonds. The van der Waals surface area contributed by atoms with Crippen LogP contribution in [-0.2, 0) is 10.0 Å². The van der Waals surface area contributed by atoms with Gasteiger partial charge in [0.1, 0.15) is 0 Å². The number of alkyl halides is 2. The van der Waals surface area contributed by atoms with Crippen molar-refractivity contribution in [1.29, 1.82) is 0 Å². The Balaban J connectivity index is 0.00000264. The Morgan fingerprint density at radius 2 is 1.83 bits per heavy atom. The van der Waals surface area contributed by atoms with Gasteiger partial charge in [0.2, 0.25) is 10.0 Å². The lowest BCUT2D eigenvalue weighted by atomic mass is 9.93. The minimum atomic E-state index is -3.92. The highest BCUT2D eigenvalue weighted by atomic mass is 35.5. The largest absolute Gasteiger partial charge is 0.432 e. The molecule has 0 aromatic heterocycles. The van der Waals surface area contributed by atoms with Crippen LogP contribution >= 0.6 is 12.4 Å². The Hall–Kier alpha value is -1.03. The molecular formula is C13H18ClF3N2O3S. The summed E-state index contributed by atoms with van der Waals surface area (Å²) < 4.78 is 68.5. The maximum atomic E-state index is 13.6. The zero-order valence-electron chi connectivity index (χ0n) is 12.0. The minimum Gasteiger partial charge on any atom is -0.432 e. The first-order chi connectivity index (χ1) is 10.3. The highest BCUT2D eigenvalue weighted by Crippen LogP contribution is 2.24. The summed E-state index contributed by atoms with van der Waals surface area (Å²) in [5.74, 6) is -1.86. The molecule has 0 atom stereocenters. The molecule has 0 aliphatic heterocycles. The summed E-state index contributed by atoms with van der Waals surface area (Å²) in [6.45, 7) is -3.18. The van der Waals surface area contributed by atoms with Crippen LogP contribution < -0.4 is 15.2 Å². The van der Waals surface area contributed by atoms with Crippen molar-refractivity contribution in [2.75, 3.05) is 0 Å². The summed E-state index contributed by atoms with van der Waals surface area (Å²) >= 11 is 0. The third kappa shape index (κ3) is 5.52. The van der Waals surface area contributed by atoms with E-state index in [4.69, 9.17) is 5.73 Å². The fourth-order valence-corrected chi connectivity index (χ4v) is 3.68. The molecule has 23 heavy (non-hydrogen) atoms. The summed E-state index contributed by atoms with van der Waals surface area (Å²) in [6, 6.07) is 2.37. The maximum Gasteiger partial charge on any atom is 0.387 e. The van der Waals surface area contributed by atoms with Crippen molar-refractivity contribution < 1.29 is 26.3 Å². The fraction of sp³-hybridized carbons (Fsp3) is 0.538. The third-order valence-electron chi connectivity index (χ3n) is 3.52. The second-order valence-electron chi connectivity index (χ2n) is 5.20. The van der Waals surface area contributed by atoms with Gasteiger partial charge in [0.15, 0.2) is 11.6 Å². The van der Waals surface area contributed by atoms with Crippen molar-refractivity contribution in [3.05, 3.63) is 24.0 Å². The molecule has 1 fully saturated rings. The average molecular weight is 375 g/mol. The number of hydrogen-bond donors (Lipinski definition) is 2. The molecule has 1 aromatic carbocycles. The topological polar surface area (TPSA) is 81.4 Å². The van der Waals surface area contributed by atoms with Crippen molar-refractivity contribution in [2.24, 2.45) is 5.73 Å². The summed E-state index contributed by atoms with van der Waals surface area (Å²) in [7, 11) is -3.92. The van der Waals surface area contributed by atoms with Gasteiger partial charge in [-0.25, -0.2) is 17.5 Å². The number of benzene rings is 1. The molecule has 1 aliphatic carbocycles. The van der Waals surface area contributed by atoms with Gasteiger partial charge in [-0.1, -0.05) is 0 Å². The number of ether oxygens (including phenoxy) is 1. The van der Waals surface area contributed by atoms with Gasteiger partial charge in [0.25, 0.3) is 0 Å². The zero-order chi connectivity index (χ0) is 16.3. The van der Waals surface area contributed by atoms with E-state index in [1.165, 1.54) is 0 Å². The number of rotatable bonds is 5. The molecular weight excluding hydrogens is 357 g/mol. The van der Waals surface area contributed by atoms with E-state index in [1.54, 1.807) is 0 Å². The van der Waals surface area contributed by atoms with Crippen LogP contribution in [-0.4, -0.2) is 27.1 Å². The molecule has 0 unspecified atom stereocenters. The first-order valence-electron chi connectivity index (χ1n) is 6.80. The Labute approximate surface area is 138 Å². The molecule has 2 rings (SSSR count). The third-order valence-corrected chi connectivity index (χ3v) is 5.04. The molecule has 1 saturated carbocycles. The van der Waals surface area contributed by atoms with Crippen molar-refractivity contribution in [2.45, 2.75) is 49.3 Å². The molecule has 3 N–H and O–H groups in total. The lowest BCUT2D eigenvalue weighted by Crippen LogP contribution is -2.40. The summed E-state index contributed by atoms with van der Waals surface area (Å²) in [4.78, 5) is -0.332. The van der Waals surface area contributed by atoms with E-state index in [1.807, 2.05) is 0 Å². The van der Waals surface area contributed by atoms with Crippen LogP contribution in [0.15, 0.2) is 23.1 Å². The van der Waals surface area contributed by atoms with E-state index < -0.39 is 28.2 Å². The second-order valence-corrected chi connectivity index (χ2v) is 6.92. The average Bonchev–Trinajstić information content (AvgIpc) is 2.43. The van der Waals surface area contributed by atoms with E-state index in [2.05, 4.69) is 9.46 Å². The van der Waals surface area contributed by atoms with E-state index in [0.29, 0.717) is 31.7 Å². The fourth-order valence-electron chi connectivity index (χ4n) is 2.36. The van der Waals surface area contributed by atoms with Gasteiger partial charge in [0, 0.05) is 12.1 Å². The van der Waals surface area contributed by atoms with Crippen LogP contribution in [0.3, 0.4) is 0 Å². The molecule has 0 bridgehead atoms. The molecule has 0 heterocycles. The predicted molar refractivity (Wildman–Crippen MR) is 80.8 cm³/mol. The summed E-state index contributed by atoms with van der Waals surface area (Å²) in [6.07, 6.45) is 2.64. The van der Waals surface area contributed by atoms with Gasteiger partial charge in [-0.05, 0) is 43.9 Å². The van der Waals surface area contributed by atoms with Crippen LogP contribution in [0.1, 0.15) is 25.7 Å². The van der Waals surface area contributed by atoms with Gasteiger partial charge in [-0.3, -0.25) is 0 Å². The van der Waals surface area contributed by atoms with E-state index in [0.717, 1.165) is 12.1 Å². The summed E-state index contributed by atoms with van der Waals surface area (Å²) in [5, 5.41) is 0. The van der Waals surface area contributed by atoms with E-state index in [-0.39, 0.29) is 29.4 Å². The van der Waals surface area contributed by atoms with E-state index in [9.17, 15) is 21.6 Å². The van der Waals surface area contributed by atoms with Gasteiger partial charge >= 0.3 is 6.61 Å². The van der Waals surface area contributed by atoms with E-state index >= 15 is 0 Å². The second kappa shape index (κ2) is 8.18. The molecule has 10 heteroatoms. The monoisotopic (exact) mass is 374 g/mol. The lowest BCUT2D eigenvalue weighted by Gasteiger charge is -2.26. The highest BCUT2D eigenvalue weighted by Gasteiger charge is 2.25. The Bertz CT molecular complexity index is 623. The molecule has 0 spiro atoms.